The van der Waals surface area contributed by atoms with Gasteiger partial charge in [0.05, 0.1) is 0 Å². The van der Waals surface area contributed by atoms with Crippen LogP contribution >= 0.6 is 0 Å². The second kappa shape index (κ2) is 6.76. The van der Waals surface area contributed by atoms with E-state index in [0.29, 0.717) is 11.5 Å². The van der Waals surface area contributed by atoms with Crippen LogP contribution in [0.1, 0.15) is 75.6 Å². The third-order valence-electron chi connectivity index (χ3n) is 5.53. The van der Waals surface area contributed by atoms with Gasteiger partial charge in [0.2, 0.25) is 0 Å². The zero-order valence-electron chi connectivity index (χ0n) is 13.8. The first kappa shape index (κ1) is 15.6. The van der Waals surface area contributed by atoms with Gasteiger partial charge in [-0.15, -0.1) is 0 Å². The molecule has 1 atom stereocenters. The predicted octanol–water partition coefficient (Wildman–Crippen LogP) is 5.04. The molecule has 1 aliphatic rings. The van der Waals surface area contributed by atoms with Crippen molar-refractivity contribution in [3.8, 4) is 0 Å². The zero-order valence-corrected chi connectivity index (χ0v) is 13.8. The van der Waals surface area contributed by atoms with Crippen LogP contribution in [0, 0.1) is 5.41 Å². The molecule has 1 unspecified atom stereocenters. The van der Waals surface area contributed by atoms with Crippen LogP contribution < -0.4 is 5.32 Å². The van der Waals surface area contributed by atoms with Crippen LogP contribution in [-0.4, -0.2) is 7.05 Å². The van der Waals surface area contributed by atoms with E-state index in [-0.39, 0.29) is 0 Å². The number of aryl methyl sites for hydroxylation is 2. The van der Waals surface area contributed by atoms with E-state index in [9.17, 15) is 0 Å². The fourth-order valence-electron chi connectivity index (χ4n) is 4.25. The zero-order chi connectivity index (χ0) is 14.6. The number of hydrogen-bond acceptors (Lipinski definition) is 1. The average molecular weight is 273 g/mol. The van der Waals surface area contributed by atoms with Crippen molar-refractivity contribution in [3.63, 3.8) is 0 Å². The smallest absolute Gasteiger partial charge is 0.0374 e. The summed E-state index contributed by atoms with van der Waals surface area (Å²) in [5.74, 6) is 0. The van der Waals surface area contributed by atoms with Gasteiger partial charge in [-0.1, -0.05) is 51.8 Å². The first-order valence-corrected chi connectivity index (χ1v) is 8.49. The molecule has 1 N–H and O–H groups in total. The minimum Gasteiger partial charge on any atom is -0.313 e. The fourth-order valence-corrected chi connectivity index (χ4v) is 4.25. The molecule has 1 fully saturated rings. The van der Waals surface area contributed by atoms with Crippen molar-refractivity contribution < 1.29 is 0 Å². The molecule has 0 saturated heterocycles. The van der Waals surface area contributed by atoms with Crippen LogP contribution in [-0.2, 0) is 12.8 Å². The van der Waals surface area contributed by atoms with Crippen molar-refractivity contribution in [2.24, 2.45) is 5.41 Å². The lowest BCUT2D eigenvalue weighted by atomic mass is 9.73. The molecular weight excluding hydrogens is 242 g/mol. The minimum atomic E-state index is 0.480. The van der Waals surface area contributed by atoms with E-state index in [4.69, 9.17) is 0 Å². The quantitative estimate of drug-likeness (QED) is 0.765. The molecule has 1 aliphatic carbocycles. The van der Waals surface area contributed by atoms with E-state index in [0.717, 1.165) is 12.8 Å². The second-order valence-corrected chi connectivity index (χ2v) is 6.38. The van der Waals surface area contributed by atoms with Crippen LogP contribution in [0.15, 0.2) is 18.2 Å². The van der Waals surface area contributed by atoms with Crippen LogP contribution in [0.5, 0.6) is 0 Å². The Morgan fingerprint density at radius 3 is 2.20 bits per heavy atom. The third kappa shape index (κ3) is 2.79. The molecule has 1 aromatic carbocycles. The molecule has 1 nitrogen and oxygen atoms in total. The van der Waals surface area contributed by atoms with Gasteiger partial charge in [-0.25, -0.2) is 0 Å². The van der Waals surface area contributed by atoms with Gasteiger partial charge < -0.3 is 5.32 Å². The van der Waals surface area contributed by atoms with Gasteiger partial charge in [0, 0.05) is 6.04 Å². The van der Waals surface area contributed by atoms with Gasteiger partial charge in [0.1, 0.15) is 0 Å². The molecule has 0 heterocycles. The summed E-state index contributed by atoms with van der Waals surface area (Å²) in [7, 11) is 2.14. The summed E-state index contributed by atoms with van der Waals surface area (Å²) in [6, 6.07) is 7.72. The van der Waals surface area contributed by atoms with Crippen molar-refractivity contribution in [2.75, 3.05) is 7.05 Å². The molecule has 1 saturated carbocycles. The number of benzene rings is 1. The first-order valence-electron chi connectivity index (χ1n) is 8.49. The summed E-state index contributed by atoms with van der Waals surface area (Å²) in [5.41, 5.74) is 5.04. The maximum absolute atomic E-state index is 3.64. The molecule has 2 rings (SSSR count). The maximum atomic E-state index is 3.64. The van der Waals surface area contributed by atoms with Crippen LogP contribution in [0.4, 0.5) is 0 Å². The SMILES string of the molecule is CCc1ccc(C(NC)C2(CC)CCCC2)cc1CC. The molecule has 0 bridgehead atoms. The van der Waals surface area contributed by atoms with E-state index >= 15 is 0 Å². The Bertz CT molecular complexity index is 429. The van der Waals surface area contributed by atoms with Crippen LogP contribution in [0.3, 0.4) is 0 Å². The Hall–Kier alpha value is -0.820. The van der Waals surface area contributed by atoms with Crippen molar-refractivity contribution in [1.29, 1.82) is 0 Å². The maximum Gasteiger partial charge on any atom is 0.0374 e. The van der Waals surface area contributed by atoms with Crippen molar-refractivity contribution in [1.82, 2.24) is 5.32 Å². The van der Waals surface area contributed by atoms with Crippen LogP contribution in [0.2, 0.25) is 0 Å². The topological polar surface area (TPSA) is 12.0 Å². The highest BCUT2D eigenvalue weighted by atomic mass is 14.9. The largest absolute Gasteiger partial charge is 0.313 e. The van der Waals surface area contributed by atoms with E-state index in [2.05, 4.69) is 51.3 Å². The van der Waals surface area contributed by atoms with Gasteiger partial charge in [0.15, 0.2) is 0 Å². The monoisotopic (exact) mass is 273 g/mol. The number of hydrogen-bond donors (Lipinski definition) is 1. The highest BCUT2D eigenvalue weighted by molar-refractivity contribution is 5.34. The number of rotatable bonds is 6. The molecule has 0 aromatic heterocycles. The Kier molecular flexibility index (Phi) is 5.26. The van der Waals surface area contributed by atoms with Gasteiger partial charge in [-0.2, -0.15) is 0 Å². The molecule has 20 heavy (non-hydrogen) atoms. The molecule has 0 spiro atoms. The van der Waals surface area contributed by atoms with Gasteiger partial charge in [0.25, 0.3) is 0 Å². The van der Waals surface area contributed by atoms with Crippen LogP contribution in [0.25, 0.3) is 0 Å². The molecule has 1 heteroatoms. The fraction of sp³-hybridized carbons (Fsp3) is 0.684. The van der Waals surface area contributed by atoms with E-state index < -0.39 is 0 Å². The summed E-state index contributed by atoms with van der Waals surface area (Å²) in [6.45, 7) is 6.91. The molecule has 0 amide bonds. The minimum absolute atomic E-state index is 0.480. The summed E-state index contributed by atoms with van der Waals surface area (Å²) >= 11 is 0. The summed E-state index contributed by atoms with van der Waals surface area (Å²) in [5, 5.41) is 3.64. The van der Waals surface area contributed by atoms with Crippen molar-refractivity contribution in [2.45, 2.75) is 71.8 Å². The Labute approximate surface area is 125 Å². The standard InChI is InChI=1S/C19H31N/c1-5-15-10-11-17(14-16(15)6-2)18(20-4)19(7-3)12-8-9-13-19/h10-11,14,18,20H,5-9,12-13H2,1-4H3. The highest BCUT2D eigenvalue weighted by Gasteiger charge is 2.39. The lowest BCUT2D eigenvalue weighted by Gasteiger charge is -2.37. The molecule has 0 aliphatic heterocycles. The van der Waals surface area contributed by atoms with E-state index in [1.165, 1.54) is 48.8 Å². The lowest BCUT2D eigenvalue weighted by molar-refractivity contribution is 0.195. The average Bonchev–Trinajstić information content (AvgIpc) is 2.97. The molecule has 0 radical (unpaired) electrons. The predicted molar refractivity (Wildman–Crippen MR) is 88.2 cm³/mol. The summed E-state index contributed by atoms with van der Waals surface area (Å²) in [4.78, 5) is 0. The number of nitrogens with one attached hydrogen (secondary N) is 1. The van der Waals surface area contributed by atoms with Gasteiger partial charge in [-0.05, 0) is 61.3 Å². The summed E-state index contributed by atoms with van der Waals surface area (Å²) < 4.78 is 0. The van der Waals surface area contributed by atoms with Crippen molar-refractivity contribution in [3.05, 3.63) is 34.9 Å². The normalized spacial score (nSPS) is 19.2. The Morgan fingerprint density at radius 1 is 1.05 bits per heavy atom. The summed E-state index contributed by atoms with van der Waals surface area (Å²) in [6.07, 6.45) is 9.14. The van der Waals surface area contributed by atoms with Crippen molar-refractivity contribution >= 4 is 0 Å². The Morgan fingerprint density at radius 2 is 1.70 bits per heavy atom. The molecule has 1 aromatic rings. The van der Waals surface area contributed by atoms with E-state index in [1.807, 2.05) is 0 Å². The lowest BCUT2D eigenvalue weighted by Crippen LogP contribution is -2.34. The third-order valence-corrected chi connectivity index (χ3v) is 5.53. The molecular formula is C19H31N. The highest BCUT2D eigenvalue weighted by Crippen LogP contribution is 2.50. The second-order valence-electron chi connectivity index (χ2n) is 6.38. The van der Waals surface area contributed by atoms with E-state index in [1.54, 1.807) is 0 Å². The first-order chi connectivity index (χ1) is 9.70. The van der Waals surface area contributed by atoms with Gasteiger partial charge >= 0.3 is 0 Å². The Balaban J connectivity index is 2.36. The molecule has 112 valence electrons. The van der Waals surface area contributed by atoms with Gasteiger partial charge in [-0.3, -0.25) is 0 Å².